The van der Waals surface area contributed by atoms with Crippen LogP contribution in [0.4, 0.5) is 0 Å². The highest BCUT2D eigenvalue weighted by atomic mass is 32.2. The molecular formula is C12H9NO4S. The van der Waals surface area contributed by atoms with Crippen molar-refractivity contribution in [3.05, 3.63) is 46.3 Å². The maximum Gasteiger partial charge on any atom is 0.355 e. The number of aromatic nitrogens is 1. The van der Waals surface area contributed by atoms with Crippen LogP contribution >= 0.6 is 11.8 Å². The second-order valence-corrected chi connectivity index (χ2v) is 4.16. The van der Waals surface area contributed by atoms with Crippen LogP contribution in [-0.2, 0) is 0 Å². The summed E-state index contributed by atoms with van der Waals surface area (Å²) in [4.78, 5) is 26.6. The Morgan fingerprint density at radius 1 is 1.33 bits per heavy atom. The molecule has 0 unspecified atom stereocenters. The fourth-order valence-electron chi connectivity index (χ4n) is 1.43. The van der Waals surface area contributed by atoms with Crippen molar-refractivity contribution >= 4 is 17.7 Å². The van der Waals surface area contributed by atoms with E-state index in [4.69, 9.17) is 9.52 Å². The molecule has 18 heavy (non-hydrogen) atoms. The Balaban J connectivity index is 2.64. The van der Waals surface area contributed by atoms with E-state index < -0.39 is 17.2 Å². The lowest BCUT2D eigenvalue weighted by Crippen LogP contribution is -2.17. The van der Waals surface area contributed by atoms with Crippen LogP contribution in [0.1, 0.15) is 10.4 Å². The molecule has 0 aliphatic rings. The summed E-state index contributed by atoms with van der Waals surface area (Å²) in [5.41, 5.74) is -0.690. The number of hydrogen-bond donors (Lipinski definition) is 1. The molecule has 0 atom stereocenters. The first-order valence-electron chi connectivity index (χ1n) is 5.01. The van der Waals surface area contributed by atoms with E-state index >= 15 is 0 Å². The molecule has 0 fully saturated rings. The first-order chi connectivity index (χ1) is 8.63. The Hall–Kier alpha value is -2.08. The van der Waals surface area contributed by atoms with Gasteiger partial charge in [0.2, 0.25) is 5.89 Å². The maximum atomic E-state index is 11.6. The number of carboxylic acid groups (broad SMARTS) is 1. The van der Waals surface area contributed by atoms with E-state index in [9.17, 15) is 9.59 Å². The van der Waals surface area contributed by atoms with Crippen molar-refractivity contribution in [2.24, 2.45) is 0 Å². The van der Waals surface area contributed by atoms with Gasteiger partial charge in [-0.05, 0) is 18.4 Å². The molecule has 92 valence electrons. The predicted molar refractivity (Wildman–Crippen MR) is 66.9 cm³/mol. The Kier molecular flexibility index (Phi) is 3.47. The van der Waals surface area contributed by atoms with Crippen molar-refractivity contribution in [1.82, 2.24) is 4.98 Å². The summed E-state index contributed by atoms with van der Waals surface area (Å²) in [5.74, 6) is -1.21. The Labute approximate surface area is 106 Å². The van der Waals surface area contributed by atoms with E-state index in [-0.39, 0.29) is 10.9 Å². The zero-order valence-corrected chi connectivity index (χ0v) is 10.2. The molecule has 2 rings (SSSR count). The Bertz CT molecular complexity index is 636. The van der Waals surface area contributed by atoms with Crippen LogP contribution in [0.5, 0.6) is 0 Å². The number of carbonyl (C=O) groups is 1. The van der Waals surface area contributed by atoms with Gasteiger partial charge in [-0.3, -0.25) is 0 Å². The quantitative estimate of drug-likeness (QED) is 0.854. The third kappa shape index (κ3) is 2.28. The molecule has 0 bridgehead atoms. The first kappa shape index (κ1) is 12.4. The number of aromatic carboxylic acids is 1. The summed E-state index contributed by atoms with van der Waals surface area (Å²) in [5, 5.41) is 9.08. The Morgan fingerprint density at radius 3 is 2.56 bits per heavy atom. The number of carboxylic acids is 1. The highest BCUT2D eigenvalue weighted by Gasteiger charge is 2.19. The minimum atomic E-state index is -1.33. The van der Waals surface area contributed by atoms with E-state index in [0.29, 0.717) is 5.56 Å². The van der Waals surface area contributed by atoms with Gasteiger partial charge in [0.25, 0.3) is 0 Å². The average molecular weight is 263 g/mol. The van der Waals surface area contributed by atoms with Gasteiger partial charge in [0.15, 0.2) is 5.56 Å². The summed E-state index contributed by atoms with van der Waals surface area (Å²) in [6, 6.07) is 8.84. The second kappa shape index (κ2) is 5.05. The molecule has 1 aromatic heterocycles. The van der Waals surface area contributed by atoms with Crippen LogP contribution in [0.2, 0.25) is 0 Å². The molecular weight excluding hydrogens is 254 g/mol. The molecule has 0 amide bonds. The summed E-state index contributed by atoms with van der Waals surface area (Å²) < 4.78 is 4.94. The van der Waals surface area contributed by atoms with Crippen LogP contribution in [-0.4, -0.2) is 22.3 Å². The van der Waals surface area contributed by atoms with Crippen LogP contribution < -0.4 is 5.63 Å². The summed E-state index contributed by atoms with van der Waals surface area (Å²) in [7, 11) is 0. The molecule has 1 N–H and O–H groups in total. The highest BCUT2D eigenvalue weighted by molar-refractivity contribution is 7.98. The third-order valence-electron chi connectivity index (χ3n) is 2.24. The van der Waals surface area contributed by atoms with Gasteiger partial charge >= 0.3 is 11.6 Å². The molecule has 5 nitrogen and oxygen atoms in total. The van der Waals surface area contributed by atoms with Crippen molar-refractivity contribution in [2.45, 2.75) is 5.03 Å². The van der Waals surface area contributed by atoms with E-state index in [2.05, 4.69) is 4.98 Å². The molecule has 6 heteroatoms. The van der Waals surface area contributed by atoms with Crippen LogP contribution in [0.3, 0.4) is 0 Å². The standard InChI is InChI=1S/C12H9NO4S/c1-18-10-8(11(14)15)12(16)17-9(13-10)7-5-3-2-4-6-7/h2-6H,1H3,(H,14,15). The molecule has 1 heterocycles. The predicted octanol–water partition coefficient (Wildman–Crippen LogP) is 2.12. The summed E-state index contributed by atoms with van der Waals surface area (Å²) in [6.45, 7) is 0. The number of benzene rings is 1. The number of thioether (sulfide) groups is 1. The molecule has 1 aromatic carbocycles. The van der Waals surface area contributed by atoms with Gasteiger partial charge in [0, 0.05) is 5.56 Å². The van der Waals surface area contributed by atoms with E-state index in [0.717, 1.165) is 11.8 Å². The van der Waals surface area contributed by atoms with Gasteiger partial charge in [0.05, 0.1) is 0 Å². The number of hydrogen-bond acceptors (Lipinski definition) is 5. The van der Waals surface area contributed by atoms with Crippen LogP contribution in [0.25, 0.3) is 11.5 Å². The monoisotopic (exact) mass is 263 g/mol. The molecule has 0 saturated heterocycles. The maximum absolute atomic E-state index is 11.6. The lowest BCUT2D eigenvalue weighted by Gasteiger charge is -2.03. The van der Waals surface area contributed by atoms with E-state index in [1.807, 2.05) is 6.07 Å². The van der Waals surface area contributed by atoms with Crippen molar-refractivity contribution in [1.29, 1.82) is 0 Å². The smallest absolute Gasteiger partial charge is 0.355 e. The van der Waals surface area contributed by atoms with Crippen molar-refractivity contribution in [3.8, 4) is 11.5 Å². The minimum Gasteiger partial charge on any atom is -0.477 e. The van der Waals surface area contributed by atoms with E-state index in [1.54, 1.807) is 30.5 Å². The van der Waals surface area contributed by atoms with Gasteiger partial charge in [0.1, 0.15) is 5.03 Å². The molecule has 0 radical (unpaired) electrons. The van der Waals surface area contributed by atoms with Gasteiger partial charge < -0.3 is 9.52 Å². The van der Waals surface area contributed by atoms with Gasteiger partial charge in [-0.1, -0.05) is 18.2 Å². The Morgan fingerprint density at radius 2 is 2.00 bits per heavy atom. The summed E-state index contributed by atoms with van der Waals surface area (Å²) in [6.07, 6.45) is 1.66. The highest BCUT2D eigenvalue weighted by Crippen LogP contribution is 2.21. The first-order valence-corrected chi connectivity index (χ1v) is 6.24. The normalized spacial score (nSPS) is 10.3. The lowest BCUT2D eigenvalue weighted by molar-refractivity contribution is 0.0686. The molecule has 0 aliphatic heterocycles. The summed E-state index contributed by atoms with van der Waals surface area (Å²) >= 11 is 1.09. The second-order valence-electron chi connectivity index (χ2n) is 3.36. The molecule has 0 saturated carbocycles. The average Bonchev–Trinajstić information content (AvgIpc) is 2.38. The lowest BCUT2D eigenvalue weighted by atomic mass is 10.2. The fourth-order valence-corrected chi connectivity index (χ4v) is 1.98. The molecule has 2 aromatic rings. The third-order valence-corrected chi connectivity index (χ3v) is 2.92. The van der Waals surface area contributed by atoms with Crippen LogP contribution in [0.15, 0.2) is 44.6 Å². The molecule has 0 aliphatic carbocycles. The zero-order chi connectivity index (χ0) is 13.1. The zero-order valence-electron chi connectivity index (χ0n) is 9.41. The van der Waals surface area contributed by atoms with Crippen molar-refractivity contribution in [3.63, 3.8) is 0 Å². The van der Waals surface area contributed by atoms with Gasteiger partial charge in [-0.2, -0.15) is 0 Å². The topological polar surface area (TPSA) is 80.4 Å². The molecule has 0 spiro atoms. The fraction of sp³-hybridized carbons (Fsp3) is 0.0833. The minimum absolute atomic E-state index is 0.120. The van der Waals surface area contributed by atoms with Gasteiger partial charge in [-0.25, -0.2) is 14.6 Å². The number of nitrogens with zero attached hydrogens (tertiary/aromatic N) is 1. The SMILES string of the molecule is CSc1nc(-c2ccccc2)oc(=O)c1C(=O)O. The number of rotatable bonds is 3. The largest absolute Gasteiger partial charge is 0.477 e. The van der Waals surface area contributed by atoms with Crippen molar-refractivity contribution in [2.75, 3.05) is 6.26 Å². The van der Waals surface area contributed by atoms with Gasteiger partial charge in [-0.15, -0.1) is 11.8 Å². The van der Waals surface area contributed by atoms with Crippen LogP contribution in [0, 0.1) is 0 Å². The van der Waals surface area contributed by atoms with Crippen molar-refractivity contribution < 1.29 is 14.3 Å². The van der Waals surface area contributed by atoms with E-state index in [1.165, 1.54) is 0 Å².